The second-order valence-electron chi connectivity index (χ2n) is 3.45. The Kier molecular flexibility index (Phi) is 4.78. The van der Waals surface area contributed by atoms with Crippen molar-refractivity contribution < 1.29 is 4.79 Å². The van der Waals surface area contributed by atoms with Crippen molar-refractivity contribution in [2.45, 2.75) is 32.9 Å². The molecule has 0 spiro atoms. The number of hydrogen-bond acceptors (Lipinski definition) is 3. The third-order valence-electron chi connectivity index (χ3n) is 2.38. The van der Waals surface area contributed by atoms with Crippen molar-refractivity contribution in [3.8, 4) is 0 Å². The first-order chi connectivity index (χ1) is 7.19. The highest BCUT2D eigenvalue weighted by molar-refractivity contribution is 7.09. The van der Waals surface area contributed by atoms with E-state index in [1.807, 2.05) is 31.4 Å². The van der Waals surface area contributed by atoms with Gasteiger partial charge in [-0.1, -0.05) is 13.0 Å². The molecule has 0 aliphatic rings. The minimum Gasteiger partial charge on any atom is -0.336 e. The SMILES string of the molecule is CCC(N)C(=O)N(CC)Cc1cccs1. The normalized spacial score (nSPS) is 12.5. The van der Waals surface area contributed by atoms with Crippen molar-refractivity contribution in [1.82, 2.24) is 4.90 Å². The van der Waals surface area contributed by atoms with Gasteiger partial charge in [-0.3, -0.25) is 4.79 Å². The average molecular weight is 226 g/mol. The zero-order valence-electron chi connectivity index (χ0n) is 9.27. The van der Waals surface area contributed by atoms with Gasteiger partial charge in [0.25, 0.3) is 0 Å². The molecule has 1 rings (SSSR count). The lowest BCUT2D eigenvalue weighted by molar-refractivity contribution is -0.133. The molecule has 0 aromatic carbocycles. The molecule has 0 aliphatic carbocycles. The smallest absolute Gasteiger partial charge is 0.239 e. The lowest BCUT2D eigenvalue weighted by atomic mass is 10.2. The molecule has 2 N–H and O–H groups in total. The summed E-state index contributed by atoms with van der Waals surface area (Å²) in [5, 5.41) is 2.02. The molecule has 0 radical (unpaired) electrons. The summed E-state index contributed by atoms with van der Waals surface area (Å²) in [7, 11) is 0. The average Bonchev–Trinajstić information content (AvgIpc) is 2.76. The standard InChI is InChI=1S/C11H18N2OS/c1-3-10(12)11(14)13(4-2)8-9-6-5-7-15-9/h5-7,10H,3-4,8,12H2,1-2H3. The quantitative estimate of drug-likeness (QED) is 0.832. The van der Waals surface area contributed by atoms with Crippen molar-refractivity contribution in [3.63, 3.8) is 0 Å². The second-order valence-corrected chi connectivity index (χ2v) is 4.48. The molecule has 3 nitrogen and oxygen atoms in total. The molecule has 15 heavy (non-hydrogen) atoms. The molecule has 0 saturated carbocycles. The van der Waals surface area contributed by atoms with E-state index >= 15 is 0 Å². The summed E-state index contributed by atoms with van der Waals surface area (Å²) in [4.78, 5) is 14.8. The van der Waals surface area contributed by atoms with Gasteiger partial charge in [-0.25, -0.2) is 0 Å². The minimum atomic E-state index is -0.357. The number of hydrogen-bond donors (Lipinski definition) is 1. The highest BCUT2D eigenvalue weighted by Gasteiger charge is 2.18. The van der Waals surface area contributed by atoms with Crippen molar-refractivity contribution >= 4 is 17.2 Å². The maximum Gasteiger partial charge on any atom is 0.239 e. The molecular formula is C11H18N2OS. The predicted molar refractivity (Wildman–Crippen MR) is 63.7 cm³/mol. The van der Waals surface area contributed by atoms with Crippen LogP contribution < -0.4 is 5.73 Å². The van der Waals surface area contributed by atoms with Gasteiger partial charge in [-0.15, -0.1) is 11.3 Å². The molecule has 0 aliphatic heterocycles. The highest BCUT2D eigenvalue weighted by atomic mass is 32.1. The van der Waals surface area contributed by atoms with E-state index in [0.29, 0.717) is 19.5 Å². The number of nitrogens with two attached hydrogens (primary N) is 1. The zero-order chi connectivity index (χ0) is 11.3. The first-order valence-electron chi connectivity index (χ1n) is 5.25. The molecule has 0 bridgehead atoms. The topological polar surface area (TPSA) is 46.3 Å². The fourth-order valence-corrected chi connectivity index (χ4v) is 2.06. The minimum absolute atomic E-state index is 0.0494. The van der Waals surface area contributed by atoms with Crippen molar-refractivity contribution in [2.75, 3.05) is 6.54 Å². The molecular weight excluding hydrogens is 208 g/mol. The van der Waals surface area contributed by atoms with Gasteiger partial charge in [-0.05, 0) is 24.8 Å². The van der Waals surface area contributed by atoms with Crippen LogP contribution in [0.5, 0.6) is 0 Å². The highest BCUT2D eigenvalue weighted by Crippen LogP contribution is 2.12. The van der Waals surface area contributed by atoms with Crippen LogP contribution in [0.4, 0.5) is 0 Å². The lowest BCUT2D eigenvalue weighted by Gasteiger charge is -2.23. The van der Waals surface area contributed by atoms with E-state index in [-0.39, 0.29) is 11.9 Å². The van der Waals surface area contributed by atoms with Crippen LogP contribution in [0.3, 0.4) is 0 Å². The van der Waals surface area contributed by atoms with Gasteiger partial charge in [-0.2, -0.15) is 0 Å². The van der Waals surface area contributed by atoms with Gasteiger partial charge in [0.1, 0.15) is 0 Å². The Morgan fingerprint density at radius 3 is 2.80 bits per heavy atom. The van der Waals surface area contributed by atoms with Gasteiger partial charge in [0.2, 0.25) is 5.91 Å². The Bertz CT molecular complexity index is 298. The van der Waals surface area contributed by atoms with E-state index in [1.165, 1.54) is 4.88 Å². The summed E-state index contributed by atoms with van der Waals surface area (Å²) in [6.45, 7) is 5.31. The van der Waals surface area contributed by atoms with Gasteiger partial charge < -0.3 is 10.6 Å². The molecule has 0 saturated heterocycles. The largest absolute Gasteiger partial charge is 0.336 e. The zero-order valence-corrected chi connectivity index (χ0v) is 10.1. The molecule has 1 heterocycles. The van der Waals surface area contributed by atoms with Crippen LogP contribution in [0.1, 0.15) is 25.1 Å². The van der Waals surface area contributed by atoms with Gasteiger partial charge in [0, 0.05) is 11.4 Å². The molecule has 84 valence electrons. The number of likely N-dealkylation sites (N-methyl/N-ethyl adjacent to an activating group) is 1. The monoisotopic (exact) mass is 226 g/mol. The third kappa shape index (κ3) is 3.32. The number of nitrogens with zero attached hydrogens (tertiary/aromatic N) is 1. The maximum atomic E-state index is 11.8. The van der Waals surface area contributed by atoms with Crippen LogP contribution in [-0.2, 0) is 11.3 Å². The van der Waals surface area contributed by atoms with Crippen LogP contribution in [0.25, 0.3) is 0 Å². The Balaban J connectivity index is 2.60. The summed E-state index contributed by atoms with van der Waals surface area (Å²) >= 11 is 1.67. The molecule has 1 unspecified atom stereocenters. The number of thiophene rings is 1. The second kappa shape index (κ2) is 5.88. The van der Waals surface area contributed by atoms with E-state index in [1.54, 1.807) is 16.2 Å². The van der Waals surface area contributed by atoms with Crippen LogP contribution in [0, 0.1) is 0 Å². The van der Waals surface area contributed by atoms with Crippen molar-refractivity contribution in [2.24, 2.45) is 5.73 Å². The summed E-state index contributed by atoms with van der Waals surface area (Å²) < 4.78 is 0. The van der Waals surface area contributed by atoms with Crippen LogP contribution in [-0.4, -0.2) is 23.4 Å². The van der Waals surface area contributed by atoms with E-state index in [2.05, 4.69) is 0 Å². The van der Waals surface area contributed by atoms with Gasteiger partial charge in [0.15, 0.2) is 0 Å². The Morgan fingerprint density at radius 2 is 2.33 bits per heavy atom. The lowest BCUT2D eigenvalue weighted by Crippen LogP contribution is -2.42. The van der Waals surface area contributed by atoms with Crippen molar-refractivity contribution in [3.05, 3.63) is 22.4 Å². The van der Waals surface area contributed by atoms with Crippen LogP contribution in [0.15, 0.2) is 17.5 Å². The van der Waals surface area contributed by atoms with Gasteiger partial charge >= 0.3 is 0 Å². The Hall–Kier alpha value is -0.870. The van der Waals surface area contributed by atoms with Crippen LogP contribution >= 0.6 is 11.3 Å². The summed E-state index contributed by atoms with van der Waals surface area (Å²) in [5.74, 6) is 0.0494. The molecule has 4 heteroatoms. The summed E-state index contributed by atoms with van der Waals surface area (Å²) in [6.07, 6.45) is 0.694. The third-order valence-corrected chi connectivity index (χ3v) is 3.24. The van der Waals surface area contributed by atoms with E-state index < -0.39 is 0 Å². The number of carbonyl (C=O) groups excluding carboxylic acids is 1. The summed E-state index contributed by atoms with van der Waals surface area (Å²) in [5.41, 5.74) is 5.73. The van der Waals surface area contributed by atoms with Crippen molar-refractivity contribution in [1.29, 1.82) is 0 Å². The Morgan fingerprint density at radius 1 is 1.60 bits per heavy atom. The molecule has 1 aromatic heterocycles. The fraction of sp³-hybridized carbons (Fsp3) is 0.545. The predicted octanol–water partition coefficient (Wildman–Crippen LogP) is 1.83. The first kappa shape index (κ1) is 12.2. The van der Waals surface area contributed by atoms with Gasteiger partial charge in [0.05, 0.1) is 12.6 Å². The number of amides is 1. The fourth-order valence-electron chi connectivity index (χ4n) is 1.35. The summed E-state index contributed by atoms with van der Waals surface area (Å²) in [6, 6.07) is 3.68. The molecule has 0 fully saturated rings. The maximum absolute atomic E-state index is 11.8. The first-order valence-corrected chi connectivity index (χ1v) is 6.13. The molecule has 1 aromatic rings. The van der Waals surface area contributed by atoms with E-state index in [0.717, 1.165) is 0 Å². The number of carbonyl (C=O) groups is 1. The Labute approximate surface area is 94.9 Å². The van der Waals surface area contributed by atoms with Crippen LogP contribution in [0.2, 0.25) is 0 Å². The van der Waals surface area contributed by atoms with E-state index in [4.69, 9.17) is 5.73 Å². The molecule has 1 atom stereocenters. The number of rotatable bonds is 5. The van der Waals surface area contributed by atoms with E-state index in [9.17, 15) is 4.79 Å². The molecule has 1 amide bonds.